The molecule has 0 saturated carbocycles. The number of nitrogens with zero attached hydrogens (tertiary/aromatic N) is 1. The van der Waals surface area contributed by atoms with Crippen LogP contribution in [-0.2, 0) is 6.54 Å². The van der Waals surface area contributed by atoms with E-state index in [-0.39, 0.29) is 0 Å². The molecule has 15 heavy (non-hydrogen) atoms. The van der Waals surface area contributed by atoms with Crippen LogP contribution in [0, 0.1) is 6.92 Å². The predicted octanol–water partition coefficient (Wildman–Crippen LogP) is 1.14. The SMILES string of the molecule is CNCNCc1ccc2nc(C)[nH]c2c1. The number of aromatic nitrogens is 2. The zero-order valence-electron chi connectivity index (χ0n) is 9.09. The van der Waals surface area contributed by atoms with Crippen molar-refractivity contribution in [2.24, 2.45) is 0 Å². The van der Waals surface area contributed by atoms with Crippen molar-refractivity contribution in [1.82, 2.24) is 20.6 Å². The Morgan fingerprint density at radius 1 is 1.40 bits per heavy atom. The minimum absolute atomic E-state index is 0.819. The van der Waals surface area contributed by atoms with Crippen LogP contribution in [0.3, 0.4) is 0 Å². The molecule has 1 heterocycles. The number of fused-ring (bicyclic) bond motifs is 1. The lowest BCUT2D eigenvalue weighted by molar-refractivity contribution is 0.632. The van der Waals surface area contributed by atoms with Crippen molar-refractivity contribution in [2.45, 2.75) is 13.5 Å². The Balaban J connectivity index is 2.15. The lowest BCUT2D eigenvalue weighted by atomic mass is 10.2. The first-order valence-electron chi connectivity index (χ1n) is 5.10. The maximum absolute atomic E-state index is 4.36. The summed E-state index contributed by atoms with van der Waals surface area (Å²) in [6.07, 6.45) is 0. The van der Waals surface area contributed by atoms with Crippen LogP contribution in [0.4, 0.5) is 0 Å². The summed E-state index contributed by atoms with van der Waals surface area (Å²) in [6.45, 7) is 3.66. The van der Waals surface area contributed by atoms with Crippen LogP contribution in [0.15, 0.2) is 18.2 Å². The number of hydrogen-bond donors (Lipinski definition) is 3. The van der Waals surface area contributed by atoms with E-state index in [9.17, 15) is 0 Å². The summed E-state index contributed by atoms with van der Waals surface area (Å²) in [4.78, 5) is 7.60. The van der Waals surface area contributed by atoms with Crippen molar-refractivity contribution in [1.29, 1.82) is 0 Å². The zero-order chi connectivity index (χ0) is 10.7. The molecular weight excluding hydrogens is 188 g/mol. The molecule has 1 aromatic heterocycles. The van der Waals surface area contributed by atoms with Crippen LogP contribution in [0.2, 0.25) is 0 Å². The van der Waals surface area contributed by atoms with Crippen molar-refractivity contribution < 1.29 is 0 Å². The molecule has 0 radical (unpaired) electrons. The van der Waals surface area contributed by atoms with Gasteiger partial charge in [0.2, 0.25) is 0 Å². The van der Waals surface area contributed by atoms with Crippen LogP contribution in [0.5, 0.6) is 0 Å². The molecule has 0 saturated heterocycles. The van der Waals surface area contributed by atoms with Gasteiger partial charge in [0, 0.05) is 13.2 Å². The fourth-order valence-electron chi connectivity index (χ4n) is 1.63. The molecule has 0 amide bonds. The number of rotatable bonds is 4. The molecule has 0 spiro atoms. The first kappa shape index (κ1) is 10.1. The molecule has 2 aromatic rings. The monoisotopic (exact) mass is 204 g/mol. The minimum atomic E-state index is 0.819. The van der Waals surface area contributed by atoms with Gasteiger partial charge in [0.15, 0.2) is 0 Å². The van der Waals surface area contributed by atoms with Crippen LogP contribution < -0.4 is 10.6 Å². The second-order valence-electron chi connectivity index (χ2n) is 3.63. The van der Waals surface area contributed by atoms with E-state index in [4.69, 9.17) is 0 Å². The van der Waals surface area contributed by atoms with Gasteiger partial charge in [0.05, 0.1) is 11.0 Å². The molecule has 3 N–H and O–H groups in total. The van der Waals surface area contributed by atoms with E-state index in [2.05, 4.69) is 38.8 Å². The van der Waals surface area contributed by atoms with Gasteiger partial charge < -0.3 is 15.6 Å². The van der Waals surface area contributed by atoms with Crippen molar-refractivity contribution in [3.63, 3.8) is 0 Å². The van der Waals surface area contributed by atoms with Crippen molar-refractivity contribution in [3.05, 3.63) is 29.6 Å². The molecule has 4 heteroatoms. The summed E-state index contributed by atoms with van der Waals surface area (Å²) in [5.74, 6) is 0.963. The van der Waals surface area contributed by atoms with Gasteiger partial charge in [-0.25, -0.2) is 4.98 Å². The Morgan fingerprint density at radius 2 is 2.27 bits per heavy atom. The summed E-state index contributed by atoms with van der Waals surface area (Å²) >= 11 is 0. The third kappa shape index (κ3) is 2.34. The largest absolute Gasteiger partial charge is 0.342 e. The molecule has 80 valence electrons. The third-order valence-corrected chi connectivity index (χ3v) is 2.30. The quantitative estimate of drug-likeness (QED) is 0.517. The molecule has 0 aliphatic heterocycles. The highest BCUT2D eigenvalue weighted by Crippen LogP contribution is 2.13. The maximum atomic E-state index is 4.36. The number of benzene rings is 1. The lowest BCUT2D eigenvalue weighted by Gasteiger charge is -2.03. The number of aryl methyl sites for hydroxylation is 1. The molecule has 1 aromatic carbocycles. The van der Waals surface area contributed by atoms with Crippen molar-refractivity contribution in [3.8, 4) is 0 Å². The fraction of sp³-hybridized carbons (Fsp3) is 0.364. The molecule has 0 fully saturated rings. The van der Waals surface area contributed by atoms with E-state index in [1.165, 1.54) is 5.56 Å². The second-order valence-corrected chi connectivity index (χ2v) is 3.63. The average Bonchev–Trinajstić information content (AvgIpc) is 2.57. The summed E-state index contributed by atoms with van der Waals surface area (Å²) < 4.78 is 0. The molecule has 0 unspecified atom stereocenters. The second kappa shape index (κ2) is 4.42. The van der Waals surface area contributed by atoms with E-state index in [0.29, 0.717) is 0 Å². The topological polar surface area (TPSA) is 52.7 Å². The lowest BCUT2D eigenvalue weighted by Crippen LogP contribution is -2.25. The van der Waals surface area contributed by atoms with Gasteiger partial charge in [-0.05, 0) is 31.7 Å². The van der Waals surface area contributed by atoms with Gasteiger partial charge in [0.25, 0.3) is 0 Å². The molecule has 4 nitrogen and oxygen atoms in total. The maximum Gasteiger partial charge on any atom is 0.104 e. The van der Waals surface area contributed by atoms with Gasteiger partial charge in [-0.3, -0.25) is 0 Å². The molecular formula is C11H16N4. The molecule has 0 bridgehead atoms. The standard InChI is InChI=1S/C11H16N4/c1-8-14-10-4-3-9(5-11(10)15-8)6-13-7-12-2/h3-5,12-13H,6-7H2,1-2H3,(H,14,15). The molecule has 0 aliphatic carbocycles. The van der Waals surface area contributed by atoms with Gasteiger partial charge in [-0.2, -0.15) is 0 Å². The zero-order valence-corrected chi connectivity index (χ0v) is 9.09. The van der Waals surface area contributed by atoms with E-state index in [1.54, 1.807) is 0 Å². The van der Waals surface area contributed by atoms with Gasteiger partial charge in [-0.15, -0.1) is 0 Å². The minimum Gasteiger partial charge on any atom is -0.342 e. The third-order valence-electron chi connectivity index (χ3n) is 2.30. The Morgan fingerprint density at radius 3 is 3.07 bits per heavy atom. The Hall–Kier alpha value is -1.39. The van der Waals surface area contributed by atoms with E-state index in [0.717, 1.165) is 30.1 Å². The number of nitrogens with one attached hydrogen (secondary N) is 3. The smallest absolute Gasteiger partial charge is 0.104 e. The molecule has 0 aliphatic rings. The average molecular weight is 204 g/mol. The Labute approximate surface area is 89.1 Å². The number of imidazole rings is 1. The Bertz CT molecular complexity index is 447. The summed E-state index contributed by atoms with van der Waals surface area (Å²) in [5, 5.41) is 6.33. The van der Waals surface area contributed by atoms with Crippen molar-refractivity contribution in [2.75, 3.05) is 13.7 Å². The Kier molecular flexibility index (Phi) is 2.99. The molecule has 0 atom stereocenters. The fourth-order valence-corrected chi connectivity index (χ4v) is 1.63. The van der Waals surface area contributed by atoms with Crippen molar-refractivity contribution >= 4 is 11.0 Å². The molecule has 2 rings (SSSR count). The van der Waals surface area contributed by atoms with E-state index in [1.807, 2.05) is 14.0 Å². The highest BCUT2D eigenvalue weighted by atomic mass is 15.0. The van der Waals surface area contributed by atoms with Gasteiger partial charge in [0.1, 0.15) is 5.82 Å². The van der Waals surface area contributed by atoms with E-state index < -0.39 is 0 Å². The number of hydrogen-bond acceptors (Lipinski definition) is 3. The van der Waals surface area contributed by atoms with Crippen LogP contribution in [0.1, 0.15) is 11.4 Å². The van der Waals surface area contributed by atoms with Gasteiger partial charge >= 0.3 is 0 Å². The summed E-state index contributed by atoms with van der Waals surface area (Å²) in [5.41, 5.74) is 3.41. The van der Waals surface area contributed by atoms with E-state index >= 15 is 0 Å². The predicted molar refractivity (Wildman–Crippen MR) is 61.6 cm³/mol. The summed E-state index contributed by atoms with van der Waals surface area (Å²) in [6, 6.07) is 6.29. The highest BCUT2D eigenvalue weighted by molar-refractivity contribution is 5.75. The van der Waals surface area contributed by atoms with Crippen LogP contribution in [0.25, 0.3) is 11.0 Å². The first-order valence-corrected chi connectivity index (χ1v) is 5.10. The van der Waals surface area contributed by atoms with Crippen LogP contribution in [-0.4, -0.2) is 23.7 Å². The number of aromatic amines is 1. The first-order chi connectivity index (χ1) is 7.29. The van der Waals surface area contributed by atoms with Gasteiger partial charge in [-0.1, -0.05) is 6.07 Å². The number of H-pyrrole nitrogens is 1. The normalized spacial score (nSPS) is 11.1. The summed E-state index contributed by atoms with van der Waals surface area (Å²) in [7, 11) is 1.93. The van der Waals surface area contributed by atoms with Crippen LogP contribution >= 0.6 is 0 Å². The highest BCUT2D eigenvalue weighted by Gasteiger charge is 1.99.